The van der Waals surface area contributed by atoms with Crippen LogP contribution in [-0.4, -0.2) is 17.9 Å². The molecule has 0 atom stereocenters. The first kappa shape index (κ1) is 22.3. The zero-order valence-corrected chi connectivity index (χ0v) is 20.1. The van der Waals surface area contributed by atoms with Crippen LogP contribution >= 0.6 is 0 Å². The Morgan fingerprint density at radius 2 is 1.69 bits per heavy atom. The van der Waals surface area contributed by atoms with Gasteiger partial charge in [-0.2, -0.15) is 0 Å². The van der Waals surface area contributed by atoms with Crippen LogP contribution in [0.15, 0.2) is 60.7 Å². The summed E-state index contributed by atoms with van der Waals surface area (Å²) in [6.07, 6.45) is 13.8. The minimum absolute atomic E-state index is 0.0758. The third-order valence-electron chi connectivity index (χ3n) is 8.59. The van der Waals surface area contributed by atoms with Gasteiger partial charge < -0.3 is 10.1 Å². The lowest BCUT2D eigenvalue weighted by Crippen LogP contribution is -2.56. The summed E-state index contributed by atoms with van der Waals surface area (Å²) in [5, 5.41) is 3.48. The summed E-state index contributed by atoms with van der Waals surface area (Å²) in [6.45, 7) is 0.256. The molecule has 0 aliphatic heterocycles. The van der Waals surface area contributed by atoms with E-state index >= 15 is 0 Å². The van der Waals surface area contributed by atoms with Crippen LogP contribution in [0.2, 0.25) is 0 Å². The number of rotatable bonds is 6. The van der Waals surface area contributed by atoms with Crippen molar-refractivity contribution in [3.8, 4) is 0 Å². The fourth-order valence-corrected chi connectivity index (χ4v) is 7.19. The van der Waals surface area contributed by atoms with Gasteiger partial charge >= 0.3 is 5.97 Å². The molecule has 5 aliphatic carbocycles. The van der Waals surface area contributed by atoms with Crippen molar-refractivity contribution in [3.05, 3.63) is 82.9 Å². The number of aryl methyl sites for hydroxylation is 1. The molecule has 0 aromatic heterocycles. The molecule has 180 valence electrons. The van der Waals surface area contributed by atoms with Crippen LogP contribution in [0.25, 0.3) is 11.6 Å². The second-order valence-electron chi connectivity index (χ2n) is 10.9. The van der Waals surface area contributed by atoms with Crippen LogP contribution < -0.4 is 5.32 Å². The molecule has 35 heavy (non-hydrogen) atoms. The van der Waals surface area contributed by atoms with Crippen molar-refractivity contribution in [2.24, 2.45) is 23.7 Å². The van der Waals surface area contributed by atoms with E-state index in [4.69, 9.17) is 4.74 Å². The van der Waals surface area contributed by atoms with Crippen LogP contribution in [0.3, 0.4) is 0 Å². The number of hydrogen-bond donors (Lipinski definition) is 1. The van der Waals surface area contributed by atoms with Crippen LogP contribution in [0.5, 0.6) is 0 Å². The van der Waals surface area contributed by atoms with Gasteiger partial charge in [0.25, 0.3) is 5.91 Å². The van der Waals surface area contributed by atoms with Crippen LogP contribution in [0.1, 0.15) is 60.8 Å². The molecule has 2 aromatic rings. The summed E-state index contributed by atoms with van der Waals surface area (Å²) in [5.74, 6) is 2.82. The molecule has 4 bridgehead atoms. The average Bonchev–Trinajstić information content (AvgIpc) is 2.88. The topological polar surface area (TPSA) is 55.4 Å². The normalized spacial score (nSPS) is 28.5. The van der Waals surface area contributed by atoms with E-state index in [2.05, 4.69) is 17.5 Å². The molecule has 2 aromatic carbocycles. The van der Waals surface area contributed by atoms with E-state index in [1.165, 1.54) is 43.7 Å². The van der Waals surface area contributed by atoms with Crippen molar-refractivity contribution >= 4 is 23.5 Å². The maximum atomic E-state index is 13.5. The van der Waals surface area contributed by atoms with Crippen molar-refractivity contribution in [1.29, 1.82) is 0 Å². The second kappa shape index (κ2) is 9.49. The number of ether oxygens (including phenoxy) is 1. The molecule has 7 rings (SSSR count). The van der Waals surface area contributed by atoms with Gasteiger partial charge in [-0.1, -0.05) is 48.5 Å². The van der Waals surface area contributed by atoms with Crippen molar-refractivity contribution in [2.75, 3.05) is 0 Å². The number of esters is 1. The molecule has 5 aliphatic rings. The van der Waals surface area contributed by atoms with Gasteiger partial charge in [0.15, 0.2) is 0 Å². The number of carbonyl (C=O) groups is 2. The van der Waals surface area contributed by atoms with Crippen molar-refractivity contribution < 1.29 is 14.3 Å². The molecule has 0 saturated heterocycles. The first-order valence-corrected chi connectivity index (χ1v) is 13.2. The highest BCUT2D eigenvalue weighted by Crippen LogP contribution is 2.53. The van der Waals surface area contributed by atoms with Crippen molar-refractivity contribution in [2.45, 2.75) is 57.6 Å². The van der Waals surface area contributed by atoms with Gasteiger partial charge in [-0.15, -0.1) is 0 Å². The molecule has 4 saturated carbocycles. The van der Waals surface area contributed by atoms with Gasteiger partial charge in [-0.3, -0.25) is 4.79 Å². The SMILES string of the molecule is O=C(C=Cc1ccc2c(c1)C(C(=O)NC1C3CC4CC(C3)CC1C4)=CCC2)OCc1ccccc1. The quantitative estimate of drug-likeness (QED) is 0.437. The van der Waals surface area contributed by atoms with Crippen LogP contribution in [0.4, 0.5) is 0 Å². The van der Waals surface area contributed by atoms with Crippen molar-refractivity contribution in [1.82, 2.24) is 5.32 Å². The Morgan fingerprint density at radius 1 is 0.943 bits per heavy atom. The number of allylic oxidation sites excluding steroid dienone is 1. The maximum absolute atomic E-state index is 13.5. The summed E-state index contributed by atoms with van der Waals surface area (Å²) < 4.78 is 5.35. The molecular weight excluding hydrogens is 434 g/mol. The fourth-order valence-electron chi connectivity index (χ4n) is 7.19. The van der Waals surface area contributed by atoms with E-state index in [1.54, 1.807) is 6.08 Å². The Morgan fingerprint density at radius 3 is 2.43 bits per heavy atom. The minimum Gasteiger partial charge on any atom is -0.458 e. The highest BCUT2D eigenvalue weighted by atomic mass is 16.5. The van der Waals surface area contributed by atoms with E-state index in [1.807, 2.05) is 42.5 Å². The summed E-state index contributed by atoms with van der Waals surface area (Å²) >= 11 is 0. The lowest BCUT2D eigenvalue weighted by molar-refractivity contribution is -0.138. The Hall–Kier alpha value is -3.14. The highest BCUT2D eigenvalue weighted by Gasteiger charge is 2.48. The first-order chi connectivity index (χ1) is 17.1. The molecule has 0 heterocycles. The highest BCUT2D eigenvalue weighted by molar-refractivity contribution is 6.20. The van der Waals surface area contributed by atoms with Gasteiger partial charge in [-0.25, -0.2) is 4.79 Å². The number of carbonyl (C=O) groups excluding carboxylic acids is 2. The monoisotopic (exact) mass is 467 g/mol. The molecule has 0 spiro atoms. The van der Waals surface area contributed by atoms with E-state index in [0.717, 1.165) is 46.9 Å². The van der Waals surface area contributed by atoms with E-state index in [-0.39, 0.29) is 18.5 Å². The van der Waals surface area contributed by atoms with Gasteiger partial charge in [0.2, 0.25) is 0 Å². The Balaban J connectivity index is 1.13. The Labute approximate surface area is 207 Å². The summed E-state index contributed by atoms with van der Waals surface area (Å²) in [4.78, 5) is 25.7. The third kappa shape index (κ3) is 4.71. The lowest BCUT2D eigenvalue weighted by atomic mass is 9.54. The molecule has 0 unspecified atom stereocenters. The zero-order valence-electron chi connectivity index (χ0n) is 20.1. The molecule has 4 heteroatoms. The number of nitrogens with one attached hydrogen (secondary N) is 1. The summed E-state index contributed by atoms with van der Waals surface area (Å²) in [5.41, 5.74) is 4.85. The number of fused-ring (bicyclic) bond motifs is 1. The Kier molecular flexibility index (Phi) is 6.05. The summed E-state index contributed by atoms with van der Waals surface area (Å²) in [6, 6.07) is 16.1. The predicted molar refractivity (Wildman–Crippen MR) is 137 cm³/mol. The predicted octanol–water partition coefficient (Wildman–Crippen LogP) is 5.71. The third-order valence-corrected chi connectivity index (χ3v) is 8.59. The smallest absolute Gasteiger partial charge is 0.331 e. The van der Waals surface area contributed by atoms with Gasteiger partial charge in [0.1, 0.15) is 6.61 Å². The van der Waals surface area contributed by atoms with E-state index in [0.29, 0.717) is 17.9 Å². The van der Waals surface area contributed by atoms with Gasteiger partial charge in [-0.05, 0) is 103 Å². The molecular formula is C31H33NO3. The molecule has 1 amide bonds. The number of amides is 1. The Bertz CT molecular complexity index is 1150. The van der Waals surface area contributed by atoms with E-state index in [9.17, 15) is 9.59 Å². The van der Waals surface area contributed by atoms with Crippen LogP contribution in [0, 0.1) is 23.7 Å². The largest absolute Gasteiger partial charge is 0.458 e. The molecule has 1 N–H and O–H groups in total. The molecule has 4 fully saturated rings. The van der Waals surface area contributed by atoms with E-state index < -0.39 is 0 Å². The molecule has 0 radical (unpaired) electrons. The fraction of sp³-hybridized carbons (Fsp3) is 0.419. The van der Waals surface area contributed by atoms with Gasteiger partial charge in [0, 0.05) is 17.7 Å². The minimum atomic E-state index is -0.373. The van der Waals surface area contributed by atoms with Gasteiger partial charge in [0.05, 0.1) is 0 Å². The number of hydrogen-bond acceptors (Lipinski definition) is 3. The zero-order chi connectivity index (χ0) is 23.8. The average molecular weight is 468 g/mol. The lowest BCUT2D eigenvalue weighted by Gasteiger charge is -2.54. The number of benzene rings is 2. The summed E-state index contributed by atoms with van der Waals surface area (Å²) in [7, 11) is 0. The molecule has 4 nitrogen and oxygen atoms in total. The first-order valence-electron chi connectivity index (χ1n) is 13.2. The second-order valence-corrected chi connectivity index (χ2v) is 10.9. The standard InChI is InChI=1S/C31H33NO3/c33-29(35-19-21-5-2-1-3-6-21)12-10-20-9-11-24-7-4-8-27(28(24)18-20)31(34)32-30-25-14-22-13-23(16-25)17-26(30)15-22/h1-3,5-6,8-12,18,22-23,25-26,30H,4,7,13-17,19H2,(H,32,34). The maximum Gasteiger partial charge on any atom is 0.331 e. The van der Waals surface area contributed by atoms with Crippen molar-refractivity contribution in [3.63, 3.8) is 0 Å². The van der Waals surface area contributed by atoms with Crippen LogP contribution in [-0.2, 0) is 27.4 Å².